The Hall–Kier alpha value is -2.08. The van der Waals surface area contributed by atoms with Crippen molar-refractivity contribution in [2.75, 3.05) is 6.54 Å². The zero-order valence-corrected chi connectivity index (χ0v) is 15.2. The van der Waals surface area contributed by atoms with Gasteiger partial charge in [-0.1, -0.05) is 23.7 Å². The van der Waals surface area contributed by atoms with Crippen LogP contribution in [0.5, 0.6) is 0 Å². The Morgan fingerprint density at radius 1 is 1.08 bits per heavy atom. The second-order valence-corrected chi connectivity index (χ2v) is 7.02. The van der Waals surface area contributed by atoms with Gasteiger partial charge in [-0.05, 0) is 38.5 Å². The maximum Gasteiger partial charge on any atom is 0.239 e. The van der Waals surface area contributed by atoms with Crippen molar-refractivity contribution in [1.82, 2.24) is 16.0 Å². The average molecular weight is 354 g/mol. The zero-order valence-electron chi connectivity index (χ0n) is 14.4. The second-order valence-electron chi connectivity index (χ2n) is 6.58. The van der Waals surface area contributed by atoms with E-state index in [0.29, 0.717) is 5.02 Å². The topological polar surface area (TPSA) is 87.3 Å². The van der Waals surface area contributed by atoms with Crippen LogP contribution in [-0.2, 0) is 14.4 Å². The Labute approximate surface area is 147 Å². The fraction of sp³-hybridized carbons (Fsp3) is 0.471. The first-order valence-corrected chi connectivity index (χ1v) is 8.05. The number of carbonyl (C=O) groups is 3. The van der Waals surface area contributed by atoms with Gasteiger partial charge >= 0.3 is 0 Å². The van der Waals surface area contributed by atoms with Crippen molar-refractivity contribution < 1.29 is 14.4 Å². The van der Waals surface area contributed by atoms with E-state index in [1.54, 1.807) is 24.3 Å². The van der Waals surface area contributed by atoms with E-state index in [0.717, 1.165) is 5.56 Å². The molecule has 0 saturated carbocycles. The quantitative estimate of drug-likeness (QED) is 0.730. The lowest BCUT2D eigenvalue weighted by atomic mass is 10.0. The van der Waals surface area contributed by atoms with Gasteiger partial charge in [-0.15, -0.1) is 0 Å². The number of carbonyl (C=O) groups excluding carboxylic acids is 3. The smallest absolute Gasteiger partial charge is 0.239 e. The summed E-state index contributed by atoms with van der Waals surface area (Å²) in [5.41, 5.74) is 0.410. The molecule has 0 spiro atoms. The molecule has 0 bridgehead atoms. The Morgan fingerprint density at radius 2 is 1.67 bits per heavy atom. The van der Waals surface area contributed by atoms with Crippen molar-refractivity contribution in [3.05, 3.63) is 34.9 Å². The van der Waals surface area contributed by atoms with E-state index in [4.69, 9.17) is 11.6 Å². The molecule has 24 heavy (non-hydrogen) atoms. The van der Waals surface area contributed by atoms with Crippen molar-refractivity contribution in [2.45, 2.75) is 45.7 Å². The van der Waals surface area contributed by atoms with Gasteiger partial charge in [0.25, 0.3) is 0 Å². The van der Waals surface area contributed by atoms with Crippen LogP contribution in [0.3, 0.4) is 0 Å². The van der Waals surface area contributed by atoms with Crippen LogP contribution < -0.4 is 16.0 Å². The fourth-order valence-electron chi connectivity index (χ4n) is 2.09. The first-order chi connectivity index (χ1) is 11.1. The largest absolute Gasteiger partial charge is 0.350 e. The lowest BCUT2D eigenvalue weighted by molar-refractivity contribution is -0.127. The first kappa shape index (κ1) is 20.0. The van der Waals surface area contributed by atoms with E-state index in [2.05, 4.69) is 16.0 Å². The van der Waals surface area contributed by atoms with Crippen molar-refractivity contribution >= 4 is 29.3 Å². The molecule has 0 aliphatic heterocycles. The Bertz CT molecular complexity index is 594. The summed E-state index contributed by atoms with van der Waals surface area (Å²) in [6.45, 7) is 6.86. The molecule has 3 N–H and O–H groups in total. The fourth-order valence-corrected chi connectivity index (χ4v) is 2.22. The van der Waals surface area contributed by atoms with Crippen LogP contribution in [0.1, 0.15) is 45.7 Å². The highest BCUT2D eigenvalue weighted by atomic mass is 35.5. The normalized spacial score (nSPS) is 12.2. The van der Waals surface area contributed by atoms with Crippen LogP contribution in [0.2, 0.25) is 5.02 Å². The third-order valence-corrected chi connectivity index (χ3v) is 3.25. The molecule has 0 aliphatic rings. The van der Waals surface area contributed by atoms with Crippen LogP contribution in [-0.4, -0.2) is 29.8 Å². The molecule has 0 radical (unpaired) electrons. The van der Waals surface area contributed by atoms with E-state index in [1.807, 2.05) is 20.8 Å². The second kappa shape index (κ2) is 8.68. The highest BCUT2D eigenvalue weighted by Gasteiger charge is 2.19. The van der Waals surface area contributed by atoms with Gasteiger partial charge in [0.1, 0.15) is 0 Å². The SMILES string of the molecule is CC(=O)NC(CC(=O)NCC(=O)NC(C)(C)C)c1ccc(Cl)cc1. The highest BCUT2D eigenvalue weighted by molar-refractivity contribution is 6.30. The number of nitrogens with one attached hydrogen (secondary N) is 3. The maximum absolute atomic E-state index is 12.1. The van der Waals surface area contributed by atoms with E-state index in [1.165, 1.54) is 6.92 Å². The van der Waals surface area contributed by atoms with Gasteiger partial charge in [0.2, 0.25) is 17.7 Å². The van der Waals surface area contributed by atoms with Crippen molar-refractivity contribution in [3.63, 3.8) is 0 Å². The van der Waals surface area contributed by atoms with Gasteiger partial charge in [-0.3, -0.25) is 14.4 Å². The van der Waals surface area contributed by atoms with Gasteiger partial charge in [0, 0.05) is 17.5 Å². The molecule has 1 aromatic rings. The molecular weight excluding hydrogens is 330 g/mol. The predicted octanol–water partition coefficient (Wildman–Crippen LogP) is 1.94. The van der Waals surface area contributed by atoms with Gasteiger partial charge < -0.3 is 16.0 Å². The monoisotopic (exact) mass is 353 g/mol. The summed E-state index contributed by atoms with van der Waals surface area (Å²) in [5, 5.41) is 8.62. The third kappa shape index (κ3) is 7.97. The predicted molar refractivity (Wildman–Crippen MR) is 93.5 cm³/mol. The summed E-state index contributed by atoms with van der Waals surface area (Å²) in [4.78, 5) is 35.2. The molecule has 0 heterocycles. The minimum absolute atomic E-state index is 0.0318. The molecule has 0 aliphatic carbocycles. The van der Waals surface area contributed by atoms with E-state index < -0.39 is 6.04 Å². The Kier molecular flexibility index (Phi) is 7.22. The van der Waals surface area contributed by atoms with Crippen molar-refractivity contribution in [1.29, 1.82) is 0 Å². The van der Waals surface area contributed by atoms with E-state index >= 15 is 0 Å². The summed E-state index contributed by atoms with van der Waals surface area (Å²) in [5.74, 6) is -0.834. The maximum atomic E-state index is 12.1. The minimum atomic E-state index is -0.481. The molecular formula is C17H24ClN3O3. The molecule has 0 saturated heterocycles. The molecule has 6 nitrogen and oxygen atoms in total. The Morgan fingerprint density at radius 3 is 2.17 bits per heavy atom. The molecule has 1 atom stereocenters. The standard InChI is InChI=1S/C17H24ClN3O3/c1-11(22)20-14(12-5-7-13(18)8-6-12)9-15(23)19-10-16(24)21-17(2,3)4/h5-8,14H,9-10H2,1-4H3,(H,19,23)(H,20,22)(H,21,24). The van der Waals surface area contributed by atoms with Crippen LogP contribution in [0.25, 0.3) is 0 Å². The molecule has 3 amide bonds. The highest BCUT2D eigenvalue weighted by Crippen LogP contribution is 2.19. The molecule has 1 aromatic carbocycles. The van der Waals surface area contributed by atoms with Crippen LogP contribution in [0.15, 0.2) is 24.3 Å². The summed E-state index contributed by atoms with van der Waals surface area (Å²) < 4.78 is 0. The molecule has 132 valence electrons. The van der Waals surface area contributed by atoms with Crippen LogP contribution >= 0.6 is 11.6 Å². The molecule has 0 aromatic heterocycles. The first-order valence-electron chi connectivity index (χ1n) is 7.67. The van der Waals surface area contributed by atoms with Crippen LogP contribution in [0.4, 0.5) is 0 Å². The lowest BCUT2D eigenvalue weighted by Gasteiger charge is -2.21. The van der Waals surface area contributed by atoms with Gasteiger partial charge in [-0.2, -0.15) is 0 Å². The number of hydrogen-bond acceptors (Lipinski definition) is 3. The van der Waals surface area contributed by atoms with Crippen LogP contribution in [0, 0.1) is 0 Å². The minimum Gasteiger partial charge on any atom is -0.350 e. The van der Waals surface area contributed by atoms with Gasteiger partial charge in [0.15, 0.2) is 0 Å². The van der Waals surface area contributed by atoms with Crippen molar-refractivity contribution in [3.8, 4) is 0 Å². The molecule has 0 fully saturated rings. The number of amides is 3. The van der Waals surface area contributed by atoms with Crippen molar-refractivity contribution in [2.24, 2.45) is 0 Å². The number of hydrogen-bond donors (Lipinski definition) is 3. The Balaban J connectivity index is 2.63. The summed E-state index contributed by atoms with van der Waals surface area (Å²) >= 11 is 5.85. The van der Waals surface area contributed by atoms with Gasteiger partial charge in [-0.25, -0.2) is 0 Å². The molecule has 1 rings (SSSR count). The lowest BCUT2D eigenvalue weighted by Crippen LogP contribution is -2.46. The summed E-state index contributed by atoms with van der Waals surface area (Å²) in [6.07, 6.45) is 0.0318. The number of halogens is 1. The van der Waals surface area contributed by atoms with E-state index in [-0.39, 0.29) is 36.2 Å². The average Bonchev–Trinajstić information content (AvgIpc) is 2.43. The number of benzene rings is 1. The zero-order chi connectivity index (χ0) is 18.3. The summed E-state index contributed by atoms with van der Waals surface area (Å²) in [7, 11) is 0. The van der Waals surface area contributed by atoms with Gasteiger partial charge in [0.05, 0.1) is 19.0 Å². The number of rotatable bonds is 6. The van der Waals surface area contributed by atoms with E-state index in [9.17, 15) is 14.4 Å². The summed E-state index contributed by atoms with van der Waals surface area (Å²) in [6, 6.07) is 6.41. The molecule has 7 heteroatoms. The molecule has 1 unspecified atom stereocenters. The third-order valence-electron chi connectivity index (χ3n) is 3.00.